The fourth-order valence-corrected chi connectivity index (χ4v) is 3.90. The van der Waals surface area contributed by atoms with Gasteiger partial charge in [-0.05, 0) is 37.1 Å². The van der Waals surface area contributed by atoms with Crippen molar-refractivity contribution >= 4 is 28.8 Å². The van der Waals surface area contributed by atoms with E-state index in [9.17, 15) is 9.59 Å². The Kier molecular flexibility index (Phi) is 7.01. The molecule has 0 saturated carbocycles. The first kappa shape index (κ1) is 22.5. The minimum absolute atomic E-state index is 0.143. The highest BCUT2D eigenvalue weighted by Gasteiger charge is 2.24. The fourth-order valence-electron chi connectivity index (χ4n) is 3.71. The van der Waals surface area contributed by atoms with Crippen molar-refractivity contribution in [1.82, 2.24) is 9.78 Å². The molecule has 0 saturated heterocycles. The minimum Gasteiger partial charge on any atom is -0.350 e. The van der Waals surface area contributed by atoms with Gasteiger partial charge >= 0.3 is 0 Å². The van der Waals surface area contributed by atoms with Crippen molar-refractivity contribution < 1.29 is 4.79 Å². The molecule has 0 unspecified atom stereocenters. The highest BCUT2D eigenvalue weighted by atomic mass is 35.5. The van der Waals surface area contributed by atoms with Gasteiger partial charge in [-0.3, -0.25) is 9.59 Å². The van der Waals surface area contributed by atoms with Gasteiger partial charge in [0.25, 0.3) is 5.56 Å². The number of aromatic nitrogens is 2. The number of hydrogen-bond acceptors (Lipinski definition) is 4. The molecule has 0 aliphatic carbocycles. The lowest BCUT2D eigenvalue weighted by atomic mass is 9.97. The number of nitrogens with one attached hydrogen (secondary N) is 1. The summed E-state index contributed by atoms with van der Waals surface area (Å²) in [5.41, 5.74) is 3.12. The van der Waals surface area contributed by atoms with E-state index in [2.05, 4.69) is 10.4 Å². The SMILES string of the molecule is CCn1nc(-c2ccccc2)c(C(=O)CCc2ccccc2)c(Nc2cccc(Cl)c2)c1=O. The molecule has 0 aliphatic heterocycles. The Morgan fingerprint density at radius 1 is 0.970 bits per heavy atom. The van der Waals surface area contributed by atoms with E-state index in [4.69, 9.17) is 11.6 Å². The molecule has 6 heteroatoms. The highest BCUT2D eigenvalue weighted by Crippen LogP contribution is 2.29. The number of nitrogens with zero attached hydrogens (tertiary/aromatic N) is 2. The van der Waals surface area contributed by atoms with E-state index in [0.717, 1.165) is 11.1 Å². The molecule has 3 aromatic carbocycles. The van der Waals surface area contributed by atoms with Gasteiger partial charge in [-0.2, -0.15) is 5.10 Å². The zero-order valence-electron chi connectivity index (χ0n) is 18.3. The maximum absolute atomic E-state index is 13.6. The number of benzene rings is 3. The maximum Gasteiger partial charge on any atom is 0.291 e. The summed E-state index contributed by atoms with van der Waals surface area (Å²) in [5.74, 6) is -0.143. The summed E-state index contributed by atoms with van der Waals surface area (Å²) in [6, 6.07) is 26.4. The summed E-state index contributed by atoms with van der Waals surface area (Å²) < 4.78 is 1.38. The number of Topliss-reactive ketones (excluding diaryl/α,β-unsaturated/α-hetero) is 1. The number of rotatable bonds is 8. The summed E-state index contributed by atoms with van der Waals surface area (Å²) in [5, 5.41) is 8.27. The summed E-state index contributed by atoms with van der Waals surface area (Å²) in [7, 11) is 0. The van der Waals surface area contributed by atoms with Crippen LogP contribution in [0.3, 0.4) is 0 Å². The number of ketones is 1. The summed E-state index contributed by atoms with van der Waals surface area (Å²) >= 11 is 6.15. The fraction of sp³-hybridized carbons (Fsp3) is 0.148. The van der Waals surface area contributed by atoms with Gasteiger partial charge < -0.3 is 5.32 Å². The molecule has 166 valence electrons. The average molecular weight is 458 g/mol. The molecular weight excluding hydrogens is 434 g/mol. The molecule has 0 aliphatic rings. The van der Waals surface area contributed by atoms with E-state index in [1.807, 2.05) is 73.7 Å². The molecule has 0 spiro atoms. The summed E-state index contributed by atoms with van der Waals surface area (Å²) in [4.78, 5) is 26.9. The predicted octanol–water partition coefficient (Wildman–Crippen LogP) is 6.14. The second-order valence-corrected chi connectivity index (χ2v) is 8.07. The van der Waals surface area contributed by atoms with E-state index in [1.54, 1.807) is 18.2 Å². The molecule has 0 atom stereocenters. The largest absolute Gasteiger partial charge is 0.350 e. The molecule has 0 bridgehead atoms. The van der Waals surface area contributed by atoms with E-state index in [1.165, 1.54) is 4.68 Å². The molecule has 4 rings (SSSR count). The second-order valence-electron chi connectivity index (χ2n) is 7.63. The van der Waals surface area contributed by atoms with Crippen LogP contribution in [0.25, 0.3) is 11.3 Å². The van der Waals surface area contributed by atoms with Crippen LogP contribution in [0, 0.1) is 0 Å². The molecule has 1 N–H and O–H groups in total. The normalized spacial score (nSPS) is 10.7. The Morgan fingerprint density at radius 2 is 1.67 bits per heavy atom. The molecule has 0 radical (unpaired) electrons. The Hall–Kier alpha value is -3.70. The monoisotopic (exact) mass is 457 g/mol. The van der Waals surface area contributed by atoms with Gasteiger partial charge in [0.1, 0.15) is 11.4 Å². The van der Waals surface area contributed by atoms with Crippen LogP contribution in [-0.2, 0) is 13.0 Å². The first-order chi connectivity index (χ1) is 16.1. The Labute approximate surface area is 197 Å². The van der Waals surface area contributed by atoms with Gasteiger partial charge in [0.05, 0.1) is 5.56 Å². The third-order valence-electron chi connectivity index (χ3n) is 5.36. The van der Waals surface area contributed by atoms with Gasteiger partial charge in [0, 0.05) is 29.2 Å². The van der Waals surface area contributed by atoms with Crippen LogP contribution in [0.1, 0.15) is 29.3 Å². The van der Waals surface area contributed by atoms with Gasteiger partial charge in [-0.1, -0.05) is 78.3 Å². The lowest BCUT2D eigenvalue weighted by Crippen LogP contribution is -2.28. The number of carbonyl (C=O) groups excluding carboxylic acids is 1. The van der Waals surface area contributed by atoms with Gasteiger partial charge in [-0.25, -0.2) is 4.68 Å². The van der Waals surface area contributed by atoms with Crippen LogP contribution in [0.5, 0.6) is 0 Å². The van der Waals surface area contributed by atoms with E-state index < -0.39 is 0 Å². The zero-order chi connectivity index (χ0) is 23.2. The van der Waals surface area contributed by atoms with Crippen molar-refractivity contribution in [3.63, 3.8) is 0 Å². The number of aryl methyl sites for hydroxylation is 2. The average Bonchev–Trinajstić information content (AvgIpc) is 2.85. The van der Waals surface area contributed by atoms with Gasteiger partial charge in [0.15, 0.2) is 5.78 Å². The molecule has 1 heterocycles. The second kappa shape index (κ2) is 10.3. The lowest BCUT2D eigenvalue weighted by Gasteiger charge is -2.17. The predicted molar refractivity (Wildman–Crippen MR) is 133 cm³/mol. The number of anilines is 2. The molecule has 33 heavy (non-hydrogen) atoms. The van der Waals surface area contributed by atoms with E-state index in [0.29, 0.717) is 34.9 Å². The molecular formula is C27H24ClN3O2. The van der Waals surface area contributed by atoms with Crippen LogP contribution >= 0.6 is 11.6 Å². The zero-order valence-corrected chi connectivity index (χ0v) is 19.0. The van der Waals surface area contributed by atoms with E-state index >= 15 is 0 Å². The molecule has 0 fully saturated rings. The third kappa shape index (κ3) is 5.21. The van der Waals surface area contributed by atoms with Crippen molar-refractivity contribution in [2.75, 3.05) is 5.32 Å². The van der Waals surface area contributed by atoms with Crippen molar-refractivity contribution in [3.05, 3.63) is 111 Å². The van der Waals surface area contributed by atoms with Crippen LogP contribution in [0.2, 0.25) is 5.02 Å². The lowest BCUT2D eigenvalue weighted by molar-refractivity contribution is 0.0983. The molecule has 0 amide bonds. The topological polar surface area (TPSA) is 64.0 Å². The van der Waals surface area contributed by atoms with Crippen molar-refractivity contribution in [1.29, 1.82) is 0 Å². The highest BCUT2D eigenvalue weighted by molar-refractivity contribution is 6.30. The third-order valence-corrected chi connectivity index (χ3v) is 5.59. The smallest absolute Gasteiger partial charge is 0.291 e. The van der Waals surface area contributed by atoms with Gasteiger partial charge in [0.2, 0.25) is 0 Å². The maximum atomic E-state index is 13.6. The Morgan fingerprint density at radius 3 is 2.33 bits per heavy atom. The van der Waals surface area contributed by atoms with Crippen LogP contribution < -0.4 is 10.9 Å². The van der Waals surface area contributed by atoms with Crippen molar-refractivity contribution in [3.8, 4) is 11.3 Å². The standard InChI is InChI=1S/C27H24ClN3O2/c1-2-31-27(33)26(29-22-15-9-14-21(28)18-22)24(25(30-31)20-12-7-4-8-13-20)23(32)17-16-19-10-5-3-6-11-19/h3-15,18,29H,2,16-17H2,1H3. The Balaban J connectivity index is 1.85. The first-order valence-corrected chi connectivity index (χ1v) is 11.2. The van der Waals surface area contributed by atoms with Crippen LogP contribution in [0.4, 0.5) is 11.4 Å². The van der Waals surface area contributed by atoms with Crippen LogP contribution in [-0.4, -0.2) is 15.6 Å². The first-order valence-electron chi connectivity index (χ1n) is 10.9. The van der Waals surface area contributed by atoms with Crippen molar-refractivity contribution in [2.45, 2.75) is 26.3 Å². The molecule has 5 nitrogen and oxygen atoms in total. The van der Waals surface area contributed by atoms with Gasteiger partial charge in [-0.15, -0.1) is 0 Å². The summed E-state index contributed by atoms with van der Waals surface area (Å²) in [6.07, 6.45) is 0.826. The number of hydrogen-bond donors (Lipinski definition) is 1. The molecule has 1 aromatic heterocycles. The van der Waals surface area contributed by atoms with Crippen LogP contribution in [0.15, 0.2) is 89.7 Å². The Bertz CT molecular complexity index is 1320. The minimum atomic E-state index is -0.347. The van der Waals surface area contributed by atoms with Crippen molar-refractivity contribution in [2.24, 2.45) is 0 Å². The number of halogens is 1. The summed E-state index contributed by atoms with van der Waals surface area (Å²) in [6.45, 7) is 2.23. The quantitative estimate of drug-likeness (QED) is 0.322. The number of carbonyl (C=O) groups is 1. The van der Waals surface area contributed by atoms with E-state index in [-0.39, 0.29) is 23.5 Å². The molecule has 4 aromatic rings.